The standard InChI is InChI=1S/C15H23NSi/c1-15(16(2)3,12-13-17(4,5)6)14-10-8-7-9-11-14/h7-11H,1-6H3. The maximum Gasteiger partial charge on any atom is 0.129 e. The lowest BCUT2D eigenvalue weighted by Gasteiger charge is -2.32. The summed E-state index contributed by atoms with van der Waals surface area (Å²) in [4.78, 5) is 2.19. The van der Waals surface area contributed by atoms with Gasteiger partial charge in [-0.15, -0.1) is 5.54 Å². The van der Waals surface area contributed by atoms with E-state index >= 15 is 0 Å². The van der Waals surface area contributed by atoms with Crippen LogP contribution in [-0.4, -0.2) is 27.1 Å². The Balaban J connectivity index is 3.19. The minimum Gasteiger partial charge on any atom is -0.290 e. The molecule has 0 saturated heterocycles. The molecule has 1 atom stereocenters. The second-order valence-corrected chi connectivity index (χ2v) is 10.6. The molecule has 1 nitrogen and oxygen atoms in total. The van der Waals surface area contributed by atoms with Crippen molar-refractivity contribution >= 4 is 8.07 Å². The van der Waals surface area contributed by atoms with Crippen molar-refractivity contribution in [3.8, 4) is 11.5 Å². The first-order valence-corrected chi connectivity index (χ1v) is 9.53. The lowest BCUT2D eigenvalue weighted by atomic mass is 9.92. The molecule has 2 heteroatoms. The Labute approximate surface area is 107 Å². The lowest BCUT2D eigenvalue weighted by Crippen LogP contribution is -2.37. The van der Waals surface area contributed by atoms with Gasteiger partial charge in [-0.25, -0.2) is 0 Å². The molecule has 0 fully saturated rings. The van der Waals surface area contributed by atoms with Crippen LogP contribution in [0.3, 0.4) is 0 Å². The predicted octanol–water partition coefficient (Wildman–Crippen LogP) is 3.34. The Hall–Kier alpha value is -1.04. The molecule has 0 bridgehead atoms. The normalized spacial score (nSPS) is 15.0. The third kappa shape index (κ3) is 3.73. The second-order valence-electron chi connectivity index (χ2n) is 5.83. The van der Waals surface area contributed by atoms with Gasteiger partial charge >= 0.3 is 0 Å². The van der Waals surface area contributed by atoms with Gasteiger partial charge in [0.2, 0.25) is 0 Å². The van der Waals surface area contributed by atoms with Crippen molar-refractivity contribution in [1.29, 1.82) is 0 Å². The fourth-order valence-electron chi connectivity index (χ4n) is 1.51. The number of benzene rings is 1. The molecular formula is C15H23NSi. The Morgan fingerprint density at radius 2 is 1.59 bits per heavy atom. The highest BCUT2D eigenvalue weighted by Gasteiger charge is 2.27. The van der Waals surface area contributed by atoms with Crippen LogP contribution in [0.1, 0.15) is 12.5 Å². The Morgan fingerprint density at radius 3 is 2.00 bits per heavy atom. The summed E-state index contributed by atoms with van der Waals surface area (Å²) in [6.45, 7) is 9.03. The summed E-state index contributed by atoms with van der Waals surface area (Å²) >= 11 is 0. The third-order valence-corrected chi connectivity index (χ3v) is 3.79. The molecule has 0 spiro atoms. The molecule has 0 N–H and O–H groups in total. The van der Waals surface area contributed by atoms with Crippen LogP contribution in [0.25, 0.3) is 0 Å². The average molecular weight is 245 g/mol. The van der Waals surface area contributed by atoms with Gasteiger partial charge in [-0.1, -0.05) is 55.9 Å². The van der Waals surface area contributed by atoms with E-state index < -0.39 is 8.07 Å². The first-order chi connectivity index (χ1) is 7.76. The molecule has 1 aromatic carbocycles. The predicted molar refractivity (Wildman–Crippen MR) is 78.6 cm³/mol. The van der Waals surface area contributed by atoms with E-state index in [-0.39, 0.29) is 5.54 Å². The number of rotatable bonds is 2. The van der Waals surface area contributed by atoms with Gasteiger partial charge in [0.25, 0.3) is 0 Å². The molecule has 0 aromatic heterocycles. The number of hydrogen-bond donors (Lipinski definition) is 0. The summed E-state index contributed by atoms with van der Waals surface area (Å²) in [5.74, 6) is 3.49. The SMILES string of the molecule is CN(C)C(C)(C#C[Si](C)(C)C)c1ccccc1. The molecule has 0 radical (unpaired) electrons. The molecule has 17 heavy (non-hydrogen) atoms. The van der Waals surface area contributed by atoms with Crippen LogP contribution in [0.15, 0.2) is 30.3 Å². The monoisotopic (exact) mass is 245 g/mol. The van der Waals surface area contributed by atoms with Gasteiger partial charge < -0.3 is 0 Å². The summed E-state index contributed by atoms with van der Waals surface area (Å²) in [5.41, 5.74) is 4.56. The van der Waals surface area contributed by atoms with Gasteiger partial charge in [0.1, 0.15) is 13.6 Å². The zero-order valence-corrected chi connectivity index (χ0v) is 12.8. The fourth-order valence-corrected chi connectivity index (χ4v) is 2.13. The fraction of sp³-hybridized carbons (Fsp3) is 0.467. The summed E-state index contributed by atoms with van der Waals surface area (Å²) in [7, 11) is 2.84. The molecule has 1 unspecified atom stereocenters. The molecule has 0 aliphatic rings. The first-order valence-electron chi connectivity index (χ1n) is 6.03. The van der Waals surface area contributed by atoms with E-state index in [4.69, 9.17) is 0 Å². The molecule has 0 heterocycles. The van der Waals surface area contributed by atoms with E-state index in [1.165, 1.54) is 5.56 Å². The molecule has 0 aliphatic carbocycles. The van der Waals surface area contributed by atoms with Gasteiger partial charge in [0, 0.05) is 0 Å². The van der Waals surface area contributed by atoms with Crippen molar-refractivity contribution < 1.29 is 0 Å². The summed E-state index contributed by atoms with van der Waals surface area (Å²) in [5, 5.41) is 0. The number of nitrogens with zero attached hydrogens (tertiary/aromatic N) is 1. The van der Waals surface area contributed by atoms with Gasteiger partial charge in [-0.05, 0) is 26.6 Å². The van der Waals surface area contributed by atoms with Crippen LogP contribution >= 0.6 is 0 Å². The molecule has 92 valence electrons. The molecule has 1 aromatic rings. The van der Waals surface area contributed by atoms with Crippen molar-refractivity contribution in [3.63, 3.8) is 0 Å². The average Bonchev–Trinajstić information content (AvgIpc) is 2.26. The highest BCUT2D eigenvalue weighted by Crippen LogP contribution is 2.25. The first kappa shape index (κ1) is 14.0. The largest absolute Gasteiger partial charge is 0.290 e. The zero-order chi connectivity index (χ0) is 13.1. The third-order valence-electron chi connectivity index (χ3n) is 2.91. The lowest BCUT2D eigenvalue weighted by molar-refractivity contribution is 0.244. The van der Waals surface area contributed by atoms with E-state index in [1.807, 2.05) is 6.07 Å². The number of hydrogen-bond acceptors (Lipinski definition) is 1. The Kier molecular flexibility index (Phi) is 4.19. The minimum absolute atomic E-state index is 0.193. The van der Waals surface area contributed by atoms with Crippen LogP contribution in [-0.2, 0) is 5.54 Å². The molecule has 0 amide bonds. The van der Waals surface area contributed by atoms with Crippen molar-refractivity contribution in [2.75, 3.05) is 14.1 Å². The van der Waals surface area contributed by atoms with Crippen molar-refractivity contribution in [2.24, 2.45) is 0 Å². The topological polar surface area (TPSA) is 3.24 Å². The molecular weight excluding hydrogens is 222 g/mol. The maximum atomic E-state index is 3.49. The van der Waals surface area contributed by atoms with Crippen LogP contribution in [0.2, 0.25) is 19.6 Å². The van der Waals surface area contributed by atoms with Crippen molar-refractivity contribution in [1.82, 2.24) is 4.90 Å². The smallest absolute Gasteiger partial charge is 0.129 e. The highest BCUT2D eigenvalue weighted by atomic mass is 28.3. The Morgan fingerprint density at radius 1 is 1.06 bits per heavy atom. The van der Waals surface area contributed by atoms with Crippen LogP contribution < -0.4 is 0 Å². The van der Waals surface area contributed by atoms with E-state index in [9.17, 15) is 0 Å². The van der Waals surface area contributed by atoms with Gasteiger partial charge in [0.05, 0.1) is 0 Å². The molecule has 1 rings (SSSR count). The van der Waals surface area contributed by atoms with Gasteiger partial charge in [0.15, 0.2) is 0 Å². The maximum absolute atomic E-state index is 3.49. The second kappa shape index (κ2) is 5.08. The van der Waals surface area contributed by atoms with Gasteiger partial charge in [-0.3, -0.25) is 4.90 Å². The van der Waals surface area contributed by atoms with E-state index in [1.54, 1.807) is 0 Å². The highest BCUT2D eigenvalue weighted by molar-refractivity contribution is 6.83. The van der Waals surface area contributed by atoms with E-state index in [2.05, 4.69) is 81.3 Å². The van der Waals surface area contributed by atoms with Crippen LogP contribution in [0.4, 0.5) is 0 Å². The molecule has 0 aliphatic heterocycles. The summed E-state index contributed by atoms with van der Waals surface area (Å²) < 4.78 is 0. The quantitative estimate of drug-likeness (QED) is 0.570. The van der Waals surface area contributed by atoms with E-state index in [0.29, 0.717) is 0 Å². The van der Waals surface area contributed by atoms with Crippen LogP contribution in [0.5, 0.6) is 0 Å². The zero-order valence-electron chi connectivity index (χ0n) is 11.8. The van der Waals surface area contributed by atoms with Crippen molar-refractivity contribution in [3.05, 3.63) is 35.9 Å². The van der Waals surface area contributed by atoms with E-state index in [0.717, 1.165) is 0 Å². The van der Waals surface area contributed by atoms with Crippen molar-refractivity contribution in [2.45, 2.75) is 32.1 Å². The summed E-state index contributed by atoms with van der Waals surface area (Å²) in [6, 6.07) is 10.5. The Bertz CT molecular complexity index is 420. The summed E-state index contributed by atoms with van der Waals surface area (Å²) in [6.07, 6.45) is 0. The van der Waals surface area contributed by atoms with Crippen LogP contribution in [0, 0.1) is 11.5 Å². The van der Waals surface area contributed by atoms with Gasteiger partial charge in [-0.2, -0.15) is 0 Å². The minimum atomic E-state index is -1.33. The molecule has 0 saturated carbocycles.